The highest BCUT2D eigenvalue weighted by atomic mass is 32.1. The number of piperidine rings is 1. The van der Waals surface area contributed by atoms with Gasteiger partial charge in [0.05, 0.1) is 0 Å². The molecule has 1 aliphatic heterocycles. The Labute approximate surface area is 124 Å². The van der Waals surface area contributed by atoms with E-state index >= 15 is 0 Å². The lowest BCUT2D eigenvalue weighted by Crippen LogP contribution is -2.29. The van der Waals surface area contributed by atoms with Crippen LogP contribution in [0.4, 0.5) is 10.9 Å². The van der Waals surface area contributed by atoms with Crippen LogP contribution in [0.25, 0.3) is 0 Å². The summed E-state index contributed by atoms with van der Waals surface area (Å²) in [5.41, 5.74) is 6.86. The third-order valence-corrected chi connectivity index (χ3v) is 4.44. The molecule has 0 spiro atoms. The van der Waals surface area contributed by atoms with Crippen LogP contribution in [-0.2, 0) is 0 Å². The fourth-order valence-corrected chi connectivity index (χ4v) is 3.38. The number of amides is 1. The van der Waals surface area contributed by atoms with Gasteiger partial charge in [0.2, 0.25) is 0 Å². The predicted molar refractivity (Wildman–Crippen MR) is 84.4 cm³/mol. The van der Waals surface area contributed by atoms with Gasteiger partial charge in [0.25, 0.3) is 5.91 Å². The molecule has 1 fully saturated rings. The van der Waals surface area contributed by atoms with Gasteiger partial charge in [-0.1, -0.05) is 23.5 Å². The van der Waals surface area contributed by atoms with Crippen LogP contribution in [0.1, 0.15) is 35.9 Å². The van der Waals surface area contributed by atoms with Gasteiger partial charge in [-0.15, -0.1) is 0 Å². The number of anilines is 2. The number of carbonyl (C=O) groups is 1. The van der Waals surface area contributed by atoms with Gasteiger partial charge < -0.3 is 15.5 Å². The average Bonchev–Trinajstić information content (AvgIpc) is 2.80. The zero-order valence-corrected chi connectivity index (χ0v) is 13.0. The Hall–Kier alpha value is -1.56. The third kappa shape index (κ3) is 3.30. The summed E-state index contributed by atoms with van der Waals surface area (Å²) in [5, 5.41) is 0.870. The molecule has 0 bridgehead atoms. The monoisotopic (exact) mass is 294 g/mol. The maximum atomic E-state index is 12.4. The molecule has 110 valence electrons. The van der Waals surface area contributed by atoms with Gasteiger partial charge >= 0.3 is 0 Å². The van der Waals surface area contributed by atoms with Crippen LogP contribution in [0.2, 0.25) is 0 Å². The van der Waals surface area contributed by atoms with Gasteiger partial charge in [0.15, 0.2) is 5.13 Å². The summed E-state index contributed by atoms with van der Waals surface area (Å²) >= 11 is 1.40. The zero-order valence-electron chi connectivity index (χ0n) is 12.2. The molecule has 0 aromatic carbocycles. The Bertz CT molecular complexity index is 505. The molecule has 0 atom stereocenters. The number of rotatable bonds is 4. The van der Waals surface area contributed by atoms with Gasteiger partial charge in [0.1, 0.15) is 10.7 Å². The van der Waals surface area contributed by atoms with E-state index in [4.69, 9.17) is 5.73 Å². The van der Waals surface area contributed by atoms with Crippen LogP contribution in [0.15, 0.2) is 12.2 Å². The van der Waals surface area contributed by atoms with E-state index < -0.39 is 0 Å². The number of hydrogen-bond donors (Lipinski definition) is 1. The molecule has 6 heteroatoms. The highest BCUT2D eigenvalue weighted by molar-refractivity contribution is 7.18. The molecule has 5 nitrogen and oxygen atoms in total. The minimum Gasteiger partial charge on any atom is -0.382 e. The number of carbonyl (C=O) groups excluding carboxylic acids is 1. The average molecular weight is 294 g/mol. The molecule has 1 amide bonds. The molecule has 1 saturated heterocycles. The maximum absolute atomic E-state index is 12.4. The smallest absolute Gasteiger partial charge is 0.267 e. The number of nitrogens with two attached hydrogens (primary N) is 1. The second-order valence-corrected chi connectivity index (χ2v) is 6.35. The van der Waals surface area contributed by atoms with Crippen LogP contribution in [-0.4, -0.2) is 42.5 Å². The molecule has 1 aromatic heterocycles. The van der Waals surface area contributed by atoms with E-state index in [1.54, 1.807) is 11.9 Å². The Morgan fingerprint density at radius 3 is 2.70 bits per heavy atom. The molecule has 20 heavy (non-hydrogen) atoms. The van der Waals surface area contributed by atoms with E-state index in [2.05, 4.69) is 16.5 Å². The van der Waals surface area contributed by atoms with E-state index in [-0.39, 0.29) is 5.91 Å². The van der Waals surface area contributed by atoms with Crippen molar-refractivity contribution in [2.24, 2.45) is 0 Å². The van der Waals surface area contributed by atoms with Gasteiger partial charge in [-0.25, -0.2) is 4.98 Å². The summed E-state index contributed by atoms with van der Waals surface area (Å²) in [7, 11) is 1.76. The number of nitrogen functional groups attached to an aromatic ring is 1. The zero-order chi connectivity index (χ0) is 14.7. The van der Waals surface area contributed by atoms with Crippen molar-refractivity contribution in [3.63, 3.8) is 0 Å². The quantitative estimate of drug-likeness (QED) is 0.866. The van der Waals surface area contributed by atoms with E-state index in [1.165, 1.54) is 30.6 Å². The lowest BCUT2D eigenvalue weighted by molar-refractivity contribution is 0.0812. The van der Waals surface area contributed by atoms with Crippen molar-refractivity contribution in [2.45, 2.75) is 26.2 Å². The molecule has 2 heterocycles. The first-order chi connectivity index (χ1) is 9.49. The molecule has 0 aliphatic carbocycles. The Morgan fingerprint density at radius 1 is 1.45 bits per heavy atom. The maximum Gasteiger partial charge on any atom is 0.267 e. The summed E-state index contributed by atoms with van der Waals surface area (Å²) in [6.45, 7) is 8.27. The molecule has 0 saturated carbocycles. The lowest BCUT2D eigenvalue weighted by Gasteiger charge is -2.25. The highest BCUT2D eigenvalue weighted by Gasteiger charge is 2.22. The molecule has 1 aliphatic rings. The summed E-state index contributed by atoms with van der Waals surface area (Å²) in [5.74, 6) is 0.264. The summed E-state index contributed by atoms with van der Waals surface area (Å²) < 4.78 is 0. The Morgan fingerprint density at radius 2 is 2.10 bits per heavy atom. The van der Waals surface area contributed by atoms with E-state index in [0.29, 0.717) is 17.2 Å². The first kappa shape index (κ1) is 14.8. The van der Waals surface area contributed by atoms with Gasteiger partial charge in [-0.3, -0.25) is 4.79 Å². The Kier molecular flexibility index (Phi) is 4.65. The SMILES string of the molecule is C=C(C)CN(C)C(=O)c1sc(N2CCCCC2)nc1N. The minimum atomic E-state index is -0.0775. The summed E-state index contributed by atoms with van der Waals surface area (Å²) in [4.78, 5) is 21.1. The number of thiazole rings is 1. The number of likely N-dealkylation sites (N-methyl/N-ethyl adjacent to an activating group) is 1. The van der Waals surface area contributed by atoms with Crippen LogP contribution >= 0.6 is 11.3 Å². The van der Waals surface area contributed by atoms with E-state index in [0.717, 1.165) is 23.8 Å². The lowest BCUT2D eigenvalue weighted by atomic mass is 10.1. The Balaban J connectivity index is 2.14. The third-order valence-electron chi connectivity index (χ3n) is 3.32. The second-order valence-electron chi connectivity index (χ2n) is 5.38. The van der Waals surface area contributed by atoms with Crippen LogP contribution in [0.3, 0.4) is 0 Å². The van der Waals surface area contributed by atoms with Crippen LogP contribution in [0, 0.1) is 0 Å². The van der Waals surface area contributed by atoms with Crippen molar-refractivity contribution in [3.05, 3.63) is 17.0 Å². The number of aromatic nitrogens is 1. The van der Waals surface area contributed by atoms with E-state index in [1.807, 2.05) is 6.92 Å². The number of nitrogens with zero attached hydrogens (tertiary/aromatic N) is 3. The molecule has 1 aromatic rings. The van der Waals surface area contributed by atoms with Crippen molar-refractivity contribution in [2.75, 3.05) is 37.3 Å². The fraction of sp³-hybridized carbons (Fsp3) is 0.571. The number of hydrogen-bond acceptors (Lipinski definition) is 5. The minimum absolute atomic E-state index is 0.0775. The van der Waals surface area contributed by atoms with Crippen LogP contribution in [0.5, 0.6) is 0 Å². The van der Waals surface area contributed by atoms with Gasteiger partial charge in [-0.05, 0) is 26.2 Å². The molecule has 0 radical (unpaired) electrons. The highest BCUT2D eigenvalue weighted by Crippen LogP contribution is 2.30. The molecule has 2 rings (SSSR count). The van der Waals surface area contributed by atoms with Gasteiger partial charge in [0, 0.05) is 26.7 Å². The topological polar surface area (TPSA) is 62.5 Å². The van der Waals surface area contributed by atoms with Crippen molar-refractivity contribution in [3.8, 4) is 0 Å². The normalized spacial score (nSPS) is 15.2. The standard InChI is InChI=1S/C14H22N4OS/c1-10(2)9-17(3)13(19)11-12(15)16-14(20-11)18-7-5-4-6-8-18/h1,4-9,15H2,2-3H3. The first-order valence-corrected chi connectivity index (χ1v) is 7.71. The van der Waals surface area contributed by atoms with Crippen molar-refractivity contribution in [1.82, 2.24) is 9.88 Å². The van der Waals surface area contributed by atoms with Crippen molar-refractivity contribution >= 4 is 28.2 Å². The summed E-state index contributed by atoms with van der Waals surface area (Å²) in [6, 6.07) is 0. The van der Waals surface area contributed by atoms with Gasteiger partial charge in [-0.2, -0.15) is 0 Å². The van der Waals surface area contributed by atoms with Crippen LogP contribution < -0.4 is 10.6 Å². The molecular formula is C14H22N4OS. The molecular weight excluding hydrogens is 272 g/mol. The fourth-order valence-electron chi connectivity index (χ4n) is 2.34. The first-order valence-electron chi connectivity index (χ1n) is 6.90. The summed E-state index contributed by atoms with van der Waals surface area (Å²) in [6.07, 6.45) is 3.63. The predicted octanol–water partition coefficient (Wildman–Crippen LogP) is 2.36. The largest absolute Gasteiger partial charge is 0.382 e. The van der Waals surface area contributed by atoms with Crippen molar-refractivity contribution in [1.29, 1.82) is 0 Å². The van der Waals surface area contributed by atoms with Crippen molar-refractivity contribution < 1.29 is 4.79 Å². The molecule has 0 unspecified atom stereocenters. The second kappa shape index (κ2) is 6.26. The molecule has 2 N–H and O–H groups in total. The van der Waals surface area contributed by atoms with E-state index in [9.17, 15) is 4.79 Å².